The molecule has 18 heavy (non-hydrogen) atoms. The minimum absolute atomic E-state index is 0.267. The number of methoxy groups -OCH3 is 1. The van der Waals surface area contributed by atoms with Crippen molar-refractivity contribution in [3.05, 3.63) is 23.9 Å². The van der Waals surface area contributed by atoms with Gasteiger partial charge in [0.15, 0.2) is 0 Å². The van der Waals surface area contributed by atoms with Gasteiger partial charge in [-0.2, -0.15) is 0 Å². The Balaban J connectivity index is 2.16. The molecule has 1 aliphatic heterocycles. The molecule has 0 radical (unpaired) electrons. The van der Waals surface area contributed by atoms with E-state index in [4.69, 9.17) is 10.5 Å². The Bertz CT molecular complexity index is 379. The second kappa shape index (κ2) is 5.67. The summed E-state index contributed by atoms with van der Waals surface area (Å²) in [6.07, 6.45) is 3.13. The van der Waals surface area contributed by atoms with Gasteiger partial charge in [-0.3, -0.25) is 4.90 Å². The van der Waals surface area contributed by atoms with Crippen LogP contribution < -0.4 is 10.5 Å². The first-order chi connectivity index (χ1) is 8.65. The lowest BCUT2D eigenvalue weighted by molar-refractivity contribution is 0.192. The van der Waals surface area contributed by atoms with Gasteiger partial charge >= 0.3 is 0 Å². The summed E-state index contributed by atoms with van der Waals surface area (Å²) in [6, 6.07) is 4.83. The number of ether oxygens (including phenoxy) is 1. The summed E-state index contributed by atoms with van der Waals surface area (Å²) >= 11 is 0. The van der Waals surface area contributed by atoms with Crippen LogP contribution in [0.25, 0.3) is 0 Å². The van der Waals surface area contributed by atoms with Gasteiger partial charge in [0.1, 0.15) is 0 Å². The van der Waals surface area contributed by atoms with Crippen molar-refractivity contribution >= 4 is 0 Å². The molecule has 0 bridgehead atoms. The first kappa shape index (κ1) is 13.3. The molecule has 100 valence electrons. The van der Waals surface area contributed by atoms with E-state index in [-0.39, 0.29) is 6.04 Å². The van der Waals surface area contributed by atoms with Crippen LogP contribution in [0, 0.1) is 5.92 Å². The first-order valence-corrected chi connectivity index (χ1v) is 6.61. The lowest BCUT2D eigenvalue weighted by Gasteiger charge is -2.30. The van der Waals surface area contributed by atoms with Gasteiger partial charge in [0, 0.05) is 37.4 Å². The van der Waals surface area contributed by atoms with Gasteiger partial charge in [-0.25, -0.2) is 4.98 Å². The average molecular weight is 249 g/mol. The second-order valence-corrected chi connectivity index (χ2v) is 5.27. The summed E-state index contributed by atoms with van der Waals surface area (Å²) in [6.45, 7) is 6.33. The molecule has 1 aromatic rings. The second-order valence-electron chi connectivity index (χ2n) is 5.27. The molecule has 2 N–H and O–H groups in total. The number of hydrogen-bond acceptors (Lipinski definition) is 4. The Kier molecular flexibility index (Phi) is 4.19. The third-order valence-electron chi connectivity index (χ3n) is 3.81. The van der Waals surface area contributed by atoms with E-state index in [2.05, 4.69) is 29.8 Å². The molecule has 2 rings (SSSR count). The molecule has 3 atom stereocenters. The van der Waals surface area contributed by atoms with Crippen LogP contribution in [0.1, 0.15) is 31.9 Å². The molecular formula is C14H23N3O. The van der Waals surface area contributed by atoms with E-state index in [1.165, 1.54) is 12.0 Å². The van der Waals surface area contributed by atoms with Crippen LogP contribution in [0.5, 0.6) is 5.88 Å². The molecule has 3 unspecified atom stereocenters. The van der Waals surface area contributed by atoms with E-state index >= 15 is 0 Å². The molecule has 1 aromatic heterocycles. The monoisotopic (exact) mass is 249 g/mol. The fourth-order valence-corrected chi connectivity index (χ4v) is 2.94. The smallest absolute Gasteiger partial charge is 0.212 e. The van der Waals surface area contributed by atoms with Crippen LogP contribution >= 0.6 is 0 Å². The van der Waals surface area contributed by atoms with Crippen molar-refractivity contribution in [3.63, 3.8) is 0 Å². The van der Waals surface area contributed by atoms with E-state index in [0.717, 1.165) is 12.5 Å². The average Bonchev–Trinajstić information content (AvgIpc) is 2.70. The Labute approximate surface area is 109 Å². The van der Waals surface area contributed by atoms with Crippen LogP contribution in [0.2, 0.25) is 0 Å². The predicted octanol–water partition coefficient (Wildman–Crippen LogP) is 1.82. The molecule has 1 fully saturated rings. The number of rotatable bonds is 4. The number of likely N-dealkylation sites (tertiary alicyclic amines) is 1. The summed E-state index contributed by atoms with van der Waals surface area (Å²) < 4.78 is 5.09. The number of nitrogens with zero attached hydrogens (tertiary/aromatic N) is 2. The summed E-state index contributed by atoms with van der Waals surface area (Å²) in [5.74, 6) is 1.40. The summed E-state index contributed by atoms with van der Waals surface area (Å²) in [7, 11) is 1.63. The number of pyridine rings is 1. The van der Waals surface area contributed by atoms with Crippen molar-refractivity contribution < 1.29 is 4.74 Å². The van der Waals surface area contributed by atoms with Gasteiger partial charge in [0.05, 0.1) is 7.11 Å². The van der Waals surface area contributed by atoms with Gasteiger partial charge in [0.2, 0.25) is 5.88 Å². The van der Waals surface area contributed by atoms with Crippen LogP contribution in [-0.2, 0) is 0 Å². The summed E-state index contributed by atoms with van der Waals surface area (Å²) in [4.78, 5) is 6.77. The lowest BCUT2D eigenvalue weighted by atomic mass is 10.1. The van der Waals surface area contributed by atoms with E-state index in [9.17, 15) is 0 Å². The quantitative estimate of drug-likeness (QED) is 0.884. The van der Waals surface area contributed by atoms with Crippen molar-refractivity contribution in [2.45, 2.75) is 32.4 Å². The largest absolute Gasteiger partial charge is 0.481 e. The third kappa shape index (κ3) is 2.65. The molecule has 1 aliphatic rings. The van der Waals surface area contributed by atoms with Gasteiger partial charge in [-0.1, -0.05) is 13.0 Å². The van der Waals surface area contributed by atoms with E-state index in [1.54, 1.807) is 7.11 Å². The van der Waals surface area contributed by atoms with Crippen molar-refractivity contribution in [1.82, 2.24) is 9.88 Å². The van der Waals surface area contributed by atoms with Gasteiger partial charge < -0.3 is 10.5 Å². The fourth-order valence-electron chi connectivity index (χ4n) is 2.94. The number of nitrogens with two attached hydrogens (primary N) is 1. The summed E-state index contributed by atoms with van der Waals surface area (Å²) in [5.41, 5.74) is 7.14. The Morgan fingerprint density at radius 2 is 2.28 bits per heavy atom. The Morgan fingerprint density at radius 1 is 1.50 bits per heavy atom. The molecule has 1 saturated heterocycles. The molecule has 0 spiro atoms. The van der Waals surface area contributed by atoms with Crippen molar-refractivity contribution in [2.75, 3.05) is 20.2 Å². The zero-order chi connectivity index (χ0) is 13.1. The molecule has 0 amide bonds. The highest BCUT2D eigenvalue weighted by Gasteiger charge is 2.31. The van der Waals surface area contributed by atoms with Gasteiger partial charge in [-0.15, -0.1) is 0 Å². The molecule has 2 heterocycles. The van der Waals surface area contributed by atoms with Crippen LogP contribution in [0.15, 0.2) is 18.3 Å². The number of aromatic nitrogens is 1. The topological polar surface area (TPSA) is 51.4 Å². The third-order valence-corrected chi connectivity index (χ3v) is 3.81. The number of hydrogen-bond donors (Lipinski definition) is 1. The Hall–Kier alpha value is -1.13. The first-order valence-electron chi connectivity index (χ1n) is 6.61. The molecule has 0 aliphatic carbocycles. The summed E-state index contributed by atoms with van der Waals surface area (Å²) in [5, 5.41) is 0. The normalized spacial score (nSPS) is 26.2. The maximum Gasteiger partial charge on any atom is 0.212 e. The molecule has 0 aromatic carbocycles. The van der Waals surface area contributed by atoms with Crippen LogP contribution in [0.3, 0.4) is 0 Å². The zero-order valence-electron chi connectivity index (χ0n) is 11.5. The highest BCUT2D eigenvalue weighted by molar-refractivity contribution is 5.21. The van der Waals surface area contributed by atoms with E-state index in [1.807, 2.05) is 12.3 Å². The fraction of sp³-hybridized carbons (Fsp3) is 0.643. The highest BCUT2D eigenvalue weighted by Crippen LogP contribution is 2.31. The molecule has 4 nitrogen and oxygen atoms in total. The maximum atomic E-state index is 5.96. The van der Waals surface area contributed by atoms with Crippen molar-refractivity contribution in [1.29, 1.82) is 0 Å². The van der Waals surface area contributed by atoms with Gasteiger partial charge in [-0.05, 0) is 24.8 Å². The van der Waals surface area contributed by atoms with Crippen LogP contribution in [0.4, 0.5) is 0 Å². The predicted molar refractivity (Wildman–Crippen MR) is 72.5 cm³/mol. The van der Waals surface area contributed by atoms with Crippen molar-refractivity contribution in [2.24, 2.45) is 11.7 Å². The van der Waals surface area contributed by atoms with E-state index < -0.39 is 0 Å². The Morgan fingerprint density at radius 3 is 2.72 bits per heavy atom. The SMILES string of the molecule is COc1ccc(C(CN)N2CC(C)CC2C)cn1. The standard InChI is InChI=1S/C14H23N3O/c1-10-6-11(2)17(9-10)13(7-15)12-4-5-14(18-3)16-8-12/h4-5,8,10-11,13H,6-7,9,15H2,1-3H3. The van der Waals surface area contributed by atoms with E-state index in [0.29, 0.717) is 18.5 Å². The molecular weight excluding hydrogens is 226 g/mol. The van der Waals surface area contributed by atoms with Crippen LogP contribution in [-0.4, -0.2) is 36.1 Å². The molecule has 4 heteroatoms. The molecule has 0 saturated carbocycles. The minimum atomic E-state index is 0.267. The van der Waals surface area contributed by atoms with Crippen molar-refractivity contribution in [3.8, 4) is 5.88 Å². The maximum absolute atomic E-state index is 5.96. The highest BCUT2D eigenvalue weighted by atomic mass is 16.5. The van der Waals surface area contributed by atoms with Gasteiger partial charge in [0.25, 0.3) is 0 Å². The zero-order valence-corrected chi connectivity index (χ0v) is 11.5. The minimum Gasteiger partial charge on any atom is -0.481 e. The lowest BCUT2D eigenvalue weighted by Crippen LogP contribution is -2.36.